The lowest BCUT2D eigenvalue weighted by molar-refractivity contribution is 0.401. The maximum Gasteiger partial charge on any atom is 0.229 e. The molecule has 8 heteroatoms. The molecule has 1 saturated heterocycles. The van der Waals surface area contributed by atoms with E-state index >= 15 is 0 Å². The lowest BCUT2D eigenvalue weighted by Gasteiger charge is -2.32. The third-order valence-electron chi connectivity index (χ3n) is 7.13. The number of aryl methyl sites for hydroxylation is 1. The average molecular weight is 485 g/mol. The van der Waals surface area contributed by atoms with Crippen molar-refractivity contribution in [3.8, 4) is 0 Å². The van der Waals surface area contributed by atoms with Gasteiger partial charge in [0.15, 0.2) is 11.5 Å². The quantitative estimate of drug-likeness (QED) is 0.377. The van der Waals surface area contributed by atoms with Gasteiger partial charge in [-0.2, -0.15) is 9.97 Å². The zero-order valence-corrected chi connectivity index (χ0v) is 21.9. The normalized spacial score (nSPS) is 14.6. The molecule has 1 aliphatic rings. The fourth-order valence-corrected chi connectivity index (χ4v) is 4.89. The molecule has 1 aliphatic heterocycles. The molecule has 8 nitrogen and oxygen atoms in total. The van der Waals surface area contributed by atoms with Crippen LogP contribution in [0.1, 0.15) is 43.9 Å². The summed E-state index contributed by atoms with van der Waals surface area (Å²) in [5.74, 6) is 2.23. The first-order valence-electron chi connectivity index (χ1n) is 12.8. The zero-order valence-electron chi connectivity index (χ0n) is 21.9. The second-order valence-corrected chi connectivity index (χ2v) is 10.3. The van der Waals surface area contributed by atoms with Crippen LogP contribution >= 0.6 is 0 Å². The SMILES string of the molecule is Cc1ccc(N(C)C)cc1Nc1nc(N2CCC(Cc3ccncc3)CC2)nc2ncn(C(C)C)c12. The van der Waals surface area contributed by atoms with Gasteiger partial charge < -0.3 is 19.7 Å². The summed E-state index contributed by atoms with van der Waals surface area (Å²) in [6.45, 7) is 8.32. The van der Waals surface area contributed by atoms with Gasteiger partial charge in [-0.15, -0.1) is 0 Å². The maximum atomic E-state index is 5.08. The summed E-state index contributed by atoms with van der Waals surface area (Å²) in [4.78, 5) is 23.2. The second kappa shape index (κ2) is 10.1. The molecule has 4 heterocycles. The van der Waals surface area contributed by atoms with E-state index in [2.05, 4.69) is 94.9 Å². The van der Waals surface area contributed by atoms with Crippen LogP contribution in [-0.4, -0.2) is 51.7 Å². The number of hydrogen-bond donors (Lipinski definition) is 1. The molecule has 0 amide bonds. The Morgan fingerprint density at radius 2 is 1.81 bits per heavy atom. The summed E-state index contributed by atoms with van der Waals surface area (Å²) in [7, 11) is 4.11. The number of imidazole rings is 1. The molecular formula is C28H36N8. The van der Waals surface area contributed by atoms with Crippen LogP contribution in [0.4, 0.5) is 23.1 Å². The van der Waals surface area contributed by atoms with Crippen molar-refractivity contribution in [2.75, 3.05) is 42.3 Å². The minimum Gasteiger partial charge on any atom is -0.378 e. The van der Waals surface area contributed by atoms with E-state index in [1.165, 1.54) is 11.1 Å². The molecule has 0 radical (unpaired) electrons. The maximum absolute atomic E-state index is 5.08. The zero-order chi connectivity index (χ0) is 25.2. The number of piperidine rings is 1. The molecule has 0 atom stereocenters. The van der Waals surface area contributed by atoms with Crippen molar-refractivity contribution in [1.82, 2.24) is 24.5 Å². The summed E-state index contributed by atoms with van der Waals surface area (Å²) in [6, 6.07) is 11.0. The van der Waals surface area contributed by atoms with Crippen LogP contribution in [0, 0.1) is 12.8 Å². The molecule has 0 spiro atoms. The van der Waals surface area contributed by atoms with Crippen LogP contribution in [0.2, 0.25) is 0 Å². The lowest BCUT2D eigenvalue weighted by atomic mass is 9.90. The topological polar surface area (TPSA) is 75.0 Å². The summed E-state index contributed by atoms with van der Waals surface area (Å²) < 4.78 is 2.15. The first-order valence-corrected chi connectivity index (χ1v) is 12.8. The molecule has 0 saturated carbocycles. The van der Waals surface area contributed by atoms with Gasteiger partial charge in [0.1, 0.15) is 5.52 Å². The summed E-state index contributed by atoms with van der Waals surface area (Å²) >= 11 is 0. The third kappa shape index (κ3) is 4.98. The Morgan fingerprint density at radius 3 is 2.50 bits per heavy atom. The first-order chi connectivity index (χ1) is 17.4. The highest BCUT2D eigenvalue weighted by molar-refractivity contribution is 5.87. The Kier molecular flexibility index (Phi) is 6.76. The molecule has 5 rings (SSSR count). The van der Waals surface area contributed by atoms with Crippen LogP contribution in [0.15, 0.2) is 49.1 Å². The summed E-state index contributed by atoms with van der Waals surface area (Å²) in [5.41, 5.74) is 6.39. The van der Waals surface area contributed by atoms with Crippen molar-refractivity contribution in [1.29, 1.82) is 0 Å². The number of rotatable bonds is 7. The van der Waals surface area contributed by atoms with E-state index in [4.69, 9.17) is 9.97 Å². The average Bonchev–Trinajstić information content (AvgIpc) is 3.31. The summed E-state index contributed by atoms with van der Waals surface area (Å²) in [6.07, 6.45) is 8.99. The van der Waals surface area contributed by atoms with Gasteiger partial charge in [0.05, 0.1) is 6.33 Å². The minimum atomic E-state index is 0.253. The van der Waals surface area contributed by atoms with E-state index in [-0.39, 0.29) is 6.04 Å². The molecule has 0 unspecified atom stereocenters. The molecule has 0 bridgehead atoms. The van der Waals surface area contributed by atoms with Crippen LogP contribution in [-0.2, 0) is 6.42 Å². The molecular weight excluding hydrogens is 448 g/mol. The molecule has 4 aromatic rings. The van der Waals surface area contributed by atoms with Crippen molar-refractivity contribution in [3.05, 3.63) is 60.2 Å². The van der Waals surface area contributed by atoms with Gasteiger partial charge in [-0.25, -0.2) is 4.98 Å². The monoisotopic (exact) mass is 484 g/mol. The van der Waals surface area contributed by atoms with E-state index in [1.54, 1.807) is 0 Å². The minimum absolute atomic E-state index is 0.253. The predicted octanol–water partition coefficient (Wildman–Crippen LogP) is 5.38. The second-order valence-electron chi connectivity index (χ2n) is 10.3. The van der Waals surface area contributed by atoms with Crippen molar-refractivity contribution in [2.45, 2.75) is 46.1 Å². The van der Waals surface area contributed by atoms with Gasteiger partial charge in [-0.1, -0.05) is 6.07 Å². The van der Waals surface area contributed by atoms with E-state index in [1.807, 2.05) is 18.7 Å². The van der Waals surface area contributed by atoms with Crippen molar-refractivity contribution >= 4 is 34.3 Å². The smallest absolute Gasteiger partial charge is 0.229 e. The van der Waals surface area contributed by atoms with Gasteiger partial charge in [-0.05, 0) is 81.3 Å². The molecule has 188 valence electrons. The number of pyridine rings is 1. The highest BCUT2D eigenvalue weighted by atomic mass is 15.3. The van der Waals surface area contributed by atoms with Crippen molar-refractivity contribution in [2.24, 2.45) is 5.92 Å². The predicted molar refractivity (Wildman–Crippen MR) is 147 cm³/mol. The van der Waals surface area contributed by atoms with Crippen LogP contribution in [0.3, 0.4) is 0 Å². The molecule has 1 fully saturated rings. The van der Waals surface area contributed by atoms with Crippen molar-refractivity contribution in [3.63, 3.8) is 0 Å². The molecule has 1 N–H and O–H groups in total. The van der Waals surface area contributed by atoms with Crippen LogP contribution in [0.5, 0.6) is 0 Å². The largest absolute Gasteiger partial charge is 0.378 e. The Morgan fingerprint density at radius 1 is 1.06 bits per heavy atom. The third-order valence-corrected chi connectivity index (χ3v) is 7.13. The summed E-state index contributed by atoms with van der Waals surface area (Å²) in [5, 5.41) is 3.64. The van der Waals surface area contributed by atoms with Crippen LogP contribution in [0.25, 0.3) is 11.2 Å². The Bertz CT molecular complexity index is 1320. The van der Waals surface area contributed by atoms with Crippen molar-refractivity contribution < 1.29 is 0 Å². The van der Waals surface area contributed by atoms with Gasteiger partial charge in [0, 0.05) is 57.0 Å². The van der Waals surface area contributed by atoms with Crippen LogP contribution < -0.4 is 15.1 Å². The number of benzene rings is 1. The fraction of sp³-hybridized carbons (Fsp3) is 0.429. The molecule has 3 aromatic heterocycles. The van der Waals surface area contributed by atoms with E-state index in [9.17, 15) is 0 Å². The Labute approximate surface area is 213 Å². The number of fused-ring (bicyclic) bond motifs is 1. The number of nitrogens with one attached hydrogen (secondary N) is 1. The van der Waals surface area contributed by atoms with Gasteiger partial charge >= 0.3 is 0 Å². The molecule has 1 aromatic carbocycles. The fourth-order valence-electron chi connectivity index (χ4n) is 4.89. The molecule has 0 aliphatic carbocycles. The number of anilines is 4. The highest BCUT2D eigenvalue weighted by Gasteiger charge is 2.24. The number of nitrogens with zero attached hydrogens (tertiary/aromatic N) is 7. The van der Waals surface area contributed by atoms with E-state index in [0.717, 1.165) is 66.7 Å². The lowest BCUT2D eigenvalue weighted by Crippen LogP contribution is -2.35. The van der Waals surface area contributed by atoms with Gasteiger partial charge in [0.25, 0.3) is 0 Å². The first kappa shape index (κ1) is 24.0. The van der Waals surface area contributed by atoms with E-state index in [0.29, 0.717) is 5.92 Å². The standard InChI is InChI=1S/C28H36N8/c1-19(2)36-18-30-26-25(36)27(31-24-17-23(34(4)5)7-6-20(24)3)33-28(32-26)35-14-10-22(11-15-35)16-21-8-12-29-13-9-21/h6-9,12-13,17-19,22H,10-11,14-16H2,1-5H3,(H,31,32,33). The number of aromatic nitrogens is 5. The Balaban J connectivity index is 1.44. The highest BCUT2D eigenvalue weighted by Crippen LogP contribution is 2.32. The number of hydrogen-bond acceptors (Lipinski definition) is 7. The van der Waals surface area contributed by atoms with Gasteiger partial charge in [0.2, 0.25) is 5.95 Å². The van der Waals surface area contributed by atoms with Gasteiger partial charge in [-0.3, -0.25) is 4.98 Å². The van der Waals surface area contributed by atoms with E-state index < -0.39 is 0 Å². The Hall–Kier alpha value is -3.68. The molecule has 36 heavy (non-hydrogen) atoms.